The number of halogens is 1. The molecule has 0 aromatic carbocycles. The summed E-state index contributed by atoms with van der Waals surface area (Å²) in [6, 6.07) is -0.00413. The molecule has 1 fully saturated rings. The SMILES string of the molecule is CCC(CC)(CCO)CNC(=O)C1CCCN1.Cl. The lowest BCUT2D eigenvalue weighted by Gasteiger charge is -2.31. The first kappa shape index (κ1) is 17.7. The van der Waals surface area contributed by atoms with Gasteiger partial charge in [0, 0.05) is 13.2 Å². The second-order valence-corrected chi connectivity index (χ2v) is 5.05. The zero-order valence-electron chi connectivity index (χ0n) is 11.5. The predicted molar refractivity (Wildman–Crippen MR) is 76.0 cm³/mol. The van der Waals surface area contributed by atoms with Gasteiger partial charge in [0.15, 0.2) is 0 Å². The third-order valence-corrected chi connectivity index (χ3v) is 4.16. The maximum atomic E-state index is 11.9. The highest BCUT2D eigenvalue weighted by atomic mass is 35.5. The standard InChI is InChI=1S/C13H26N2O2.ClH/c1-3-13(4-2,7-9-16)10-15-12(17)11-6-5-8-14-11;/h11,14,16H,3-10H2,1-2H3,(H,15,17);1H. The van der Waals surface area contributed by atoms with Crippen molar-refractivity contribution in [3.8, 4) is 0 Å². The number of nitrogens with one attached hydrogen (secondary N) is 2. The van der Waals surface area contributed by atoms with Gasteiger partial charge in [-0.25, -0.2) is 0 Å². The molecule has 1 unspecified atom stereocenters. The molecule has 3 N–H and O–H groups in total. The average Bonchev–Trinajstić information content (AvgIpc) is 2.88. The number of carbonyl (C=O) groups excluding carboxylic acids is 1. The summed E-state index contributed by atoms with van der Waals surface area (Å²) < 4.78 is 0. The monoisotopic (exact) mass is 278 g/mol. The van der Waals surface area contributed by atoms with Crippen LogP contribution in [0.4, 0.5) is 0 Å². The van der Waals surface area contributed by atoms with E-state index in [1.54, 1.807) is 0 Å². The Morgan fingerprint density at radius 3 is 2.56 bits per heavy atom. The lowest BCUT2D eigenvalue weighted by atomic mass is 9.79. The van der Waals surface area contributed by atoms with Gasteiger partial charge in [-0.1, -0.05) is 13.8 Å². The van der Waals surface area contributed by atoms with Gasteiger partial charge < -0.3 is 15.7 Å². The molecular formula is C13H27ClN2O2. The molecule has 1 amide bonds. The smallest absolute Gasteiger partial charge is 0.237 e. The normalized spacial score (nSPS) is 19.4. The van der Waals surface area contributed by atoms with E-state index in [2.05, 4.69) is 24.5 Å². The Hall–Kier alpha value is -0.320. The number of hydrogen-bond donors (Lipinski definition) is 3. The van der Waals surface area contributed by atoms with Crippen LogP contribution in [0, 0.1) is 5.41 Å². The fourth-order valence-electron chi connectivity index (χ4n) is 2.49. The van der Waals surface area contributed by atoms with E-state index in [4.69, 9.17) is 5.11 Å². The van der Waals surface area contributed by atoms with Gasteiger partial charge in [-0.3, -0.25) is 4.79 Å². The zero-order valence-corrected chi connectivity index (χ0v) is 12.3. The molecule has 0 bridgehead atoms. The summed E-state index contributed by atoms with van der Waals surface area (Å²) >= 11 is 0. The largest absolute Gasteiger partial charge is 0.396 e. The van der Waals surface area contributed by atoms with E-state index in [1.807, 2.05) is 0 Å². The highest BCUT2D eigenvalue weighted by Gasteiger charge is 2.28. The summed E-state index contributed by atoms with van der Waals surface area (Å²) in [5, 5.41) is 15.4. The third kappa shape index (κ3) is 4.75. The summed E-state index contributed by atoms with van der Waals surface area (Å²) in [5.74, 6) is 0.117. The minimum absolute atomic E-state index is 0. The maximum absolute atomic E-state index is 11.9. The van der Waals surface area contributed by atoms with Crippen molar-refractivity contribution >= 4 is 18.3 Å². The minimum atomic E-state index is -0.00413. The Labute approximate surface area is 116 Å². The van der Waals surface area contributed by atoms with Crippen LogP contribution in [0.25, 0.3) is 0 Å². The Morgan fingerprint density at radius 2 is 2.11 bits per heavy atom. The van der Waals surface area contributed by atoms with Gasteiger partial charge in [-0.05, 0) is 44.1 Å². The summed E-state index contributed by atoms with van der Waals surface area (Å²) in [6.45, 7) is 6.07. The van der Waals surface area contributed by atoms with E-state index >= 15 is 0 Å². The quantitative estimate of drug-likeness (QED) is 0.661. The van der Waals surface area contributed by atoms with E-state index in [0.717, 1.165) is 38.6 Å². The third-order valence-electron chi connectivity index (χ3n) is 4.16. The zero-order chi connectivity index (χ0) is 12.7. The fraction of sp³-hybridized carbons (Fsp3) is 0.923. The molecule has 1 atom stereocenters. The molecule has 0 radical (unpaired) electrons. The molecule has 0 aliphatic carbocycles. The summed E-state index contributed by atoms with van der Waals surface area (Å²) in [4.78, 5) is 11.9. The highest BCUT2D eigenvalue weighted by Crippen LogP contribution is 2.29. The molecule has 1 aliphatic heterocycles. The van der Waals surface area contributed by atoms with Crippen molar-refractivity contribution < 1.29 is 9.90 Å². The molecule has 1 saturated heterocycles. The number of rotatable bonds is 7. The van der Waals surface area contributed by atoms with Crippen LogP contribution in [0.1, 0.15) is 46.0 Å². The second kappa shape index (κ2) is 8.73. The van der Waals surface area contributed by atoms with Gasteiger partial charge in [0.25, 0.3) is 0 Å². The van der Waals surface area contributed by atoms with Crippen LogP contribution in [-0.4, -0.2) is 36.8 Å². The van der Waals surface area contributed by atoms with Crippen LogP contribution in [-0.2, 0) is 4.79 Å². The van der Waals surface area contributed by atoms with Gasteiger partial charge in [0.2, 0.25) is 5.91 Å². The lowest BCUT2D eigenvalue weighted by Crippen LogP contribution is -2.45. The molecule has 1 aliphatic rings. The van der Waals surface area contributed by atoms with Gasteiger partial charge in [0.1, 0.15) is 0 Å². The number of carbonyl (C=O) groups is 1. The molecule has 0 aromatic heterocycles. The van der Waals surface area contributed by atoms with Crippen LogP contribution >= 0.6 is 12.4 Å². The van der Waals surface area contributed by atoms with E-state index in [1.165, 1.54) is 0 Å². The first-order valence-corrected chi connectivity index (χ1v) is 6.79. The summed E-state index contributed by atoms with van der Waals surface area (Å²) in [7, 11) is 0. The van der Waals surface area contributed by atoms with Crippen LogP contribution in [0.15, 0.2) is 0 Å². The number of amides is 1. The van der Waals surface area contributed by atoms with Crippen molar-refractivity contribution in [2.75, 3.05) is 19.7 Å². The number of hydrogen-bond acceptors (Lipinski definition) is 3. The highest BCUT2D eigenvalue weighted by molar-refractivity contribution is 5.85. The van der Waals surface area contributed by atoms with Crippen LogP contribution in [0.5, 0.6) is 0 Å². The Bertz CT molecular complexity index is 239. The van der Waals surface area contributed by atoms with Crippen molar-refractivity contribution in [1.29, 1.82) is 0 Å². The van der Waals surface area contributed by atoms with Crippen molar-refractivity contribution in [2.45, 2.75) is 52.0 Å². The Kier molecular flexibility index (Phi) is 8.57. The molecule has 18 heavy (non-hydrogen) atoms. The van der Waals surface area contributed by atoms with Crippen molar-refractivity contribution in [3.63, 3.8) is 0 Å². The van der Waals surface area contributed by atoms with Gasteiger partial charge >= 0.3 is 0 Å². The molecule has 0 saturated carbocycles. The number of aliphatic hydroxyl groups is 1. The molecule has 5 heteroatoms. The van der Waals surface area contributed by atoms with E-state index in [9.17, 15) is 4.79 Å². The predicted octanol–water partition coefficient (Wildman–Crippen LogP) is 1.47. The maximum Gasteiger partial charge on any atom is 0.237 e. The molecule has 0 spiro atoms. The van der Waals surface area contributed by atoms with Crippen molar-refractivity contribution in [2.24, 2.45) is 5.41 Å². The molecule has 0 aromatic rings. The van der Waals surface area contributed by atoms with Crippen LogP contribution in [0.2, 0.25) is 0 Å². The molecule has 1 heterocycles. The lowest BCUT2D eigenvalue weighted by molar-refractivity contribution is -0.123. The average molecular weight is 279 g/mol. The Balaban J connectivity index is 0.00000289. The van der Waals surface area contributed by atoms with E-state index < -0.39 is 0 Å². The topological polar surface area (TPSA) is 61.4 Å². The van der Waals surface area contributed by atoms with E-state index in [0.29, 0.717) is 6.54 Å². The summed E-state index contributed by atoms with van der Waals surface area (Å²) in [6.07, 6.45) is 4.77. The molecule has 1 rings (SSSR count). The minimum Gasteiger partial charge on any atom is -0.396 e. The fourth-order valence-corrected chi connectivity index (χ4v) is 2.49. The molecule has 108 valence electrons. The number of aliphatic hydroxyl groups excluding tert-OH is 1. The molecular weight excluding hydrogens is 252 g/mol. The molecule has 4 nitrogen and oxygen atoms in total. The van der Waals surface area contributed by atoms with Gasteiger partial charge in [-0.2, -0.15) is 0 Å². The van der Waals surface area contributed by atoms with Crippen molar-refractivity contribution in [3.05, 3.63) is 0 Å². The first-order valence-electron chi connectivity index (χ1n) is 6.79. The first-order chi connectivity index (χ1) is 8.17. The van der Waals surface area contributed by atoms with E-state index in [-0.39, 0.29) is 36.4 Å². The Morgan fingerprint density at radius 1 is 1.44 bits per heavy atom. The summed E-state index contributed by atoms with van der Waals surface area (Å²) in [5.41, 5.74) is 0.0585. The van der Waals surface area contributed by atoms with Gasteiger partial charge in [0.05, 0.1) is 6.04 Å². The van der Waals surface area contributed by atoms with Crippen LogP contribution in [0.3, 0.4) is 0 Å². The van der Waals surface area contributed by atoms with Gasteiger partial charge in [-0.15, -0.1) is 12.4 Å². The second-order valence-electron chi connectivity index (χ2n) is 5.05. The van der Waals surface area contributed by atoms with Crippen LogP contribution < -0.4 is 10.6 Å². The van der Waals surface area contributed by atoms with Crippen molar-refractivity contribution in [1.82, 2.24) is 10.6 Å².